The SMILES string of the molecule is COC(=O)c1ccc(C)c(NC(=O)c2ccc3c(c2)OCC(=O)N3)c1. The van der Waals surface area contributed by atoms with E-state index in [4.69, 9.17) is 4.74 Å². The zero-order chi connectivity index (χ0) is 18.0. The van der Waals surface area contributed by atoms with Crippen LogP contribution in [0.4, 0.5) is 11.4 Å². The highest BCUT2D eigenvalue weighted by Gasteiger charge is 2.18. The number of methoxy groups -OCH3 is 1. The Hall–Kier alpha value is -3.35. The molecule has 0 spiro atoms. The van der Waals surface area contributed by atoms with Crippen LogP contribution in [-0.4, -0.2) is 31.5 Å². The number of nitrogens with one attached hydrogen (secondary N) is 2. The molecule has 1 aliphatic rings. The lowest BCUT2D eigenvalue weighted by atomic mass is 10.1. The minimum absolute atomic E-state index is 0.0850. The molecule has 7 heteroatoms. The number of aryl methyl sites for hydroxylation is 1. The third-order valence-electron chi connectivity index (χ3n) is 3.78. The number of anilines is 2. The van der Waals surface area contributed by atoms with Crippen molar-refractivity contribution in [3.05, 3.63) is 53.1 Å². The van der Waals surface area contributed by atoms with Gasteiger partial charge in [0.1, 0.15) is 5.75 Å². The van der Waals surface area contributed by atoms with Gasteiger partial charge in [-0.1, -0.05) is 6.07 Å². The van der Waals surface area contributed by atoms with Crippen molar-refractivity contribution >= 4 is 29.2 Å². The summed E-state index contributed by atoms with van der Waals surface area (Å²) in [6, 6.07) is 9.68. The number of esters is 1. The van der Waals surface area contributed by atoms with E-state index in [1.165, 1.54) is 7.11 Å². The summed E-state index contributed by atoms with van der Waals surface area (Å²) >= 11 is 0. The fourth-order valence-corrected chi connectivity index (χ4v) is 2.41. The molecule has 0 saturated heterocycles. The van der Waals surface area contributed by atoms with E-state index in [-0.39, 0.29) is 18.4 Å². The molecule has 0 unspecified atom stereocenters. The number of rotatable bonds is 3. The van der Waals surface area contributed by atoms with Crippen molar-refractivity contribution < 1.29 is 23.9 Å². The lowest BCUT2D eigenvalue weighted by Crippen LogP contribution is -2.25. The maximum atomic E-state index is 12.5. The van der Waals surface area contributed by atoms with Crippen molar-refractivity contribution in [3.8, 4) is 5.75 Å². The number of benzene rings is 2. The second kappa shape index (κ2) is 6.64. The van der Waals surface area contributed by atoms with Gasteiger partial charge in [0.15, 0.2) is 6.61 Å². The van der Waals surface area contributed by atoms with Crippen molar-refractivity contribution in [2.45, 2.75) is 6.92 Å². The summed E-state index contributed by atoms with van der Waals surface area (Å²) < 4.78 is 10.0. The molecule has 0 saturated carbocycles. The molecule has 1 aliphatic heterocycles. The summed E-state index contributed by atoms with van der Waals surface area (Å²) in [5.74, 6) is -0.630. The fourth-order valence-electron chi connectivity index (χ4n) is 2.41. The van der Waals surface area contributed by atoms with Crippen LogP contribution >= 0.6 is 0 Å². The van der Waals surface area contributed by atoms with E-state index in [0.717, 1.165) is 5.56 Å². The normalized spacial score (nSPS) is 12.5. The van der Waals surface area contributed by atoms with Crippen molar-refractivity contribution in [2.75, 3.05) is 24.4 Å². The molecular formula is C18H16N2O5. The van der Waals surface area contributed by atoms with Gasteiger partial charge < -0.3 is 20.1 Å². The summed E-state index contributed by atoms with van der Waals surface area (Å²) in [6.07, 6.45) is 0. The van der Waals surface area contributed by atoms with Gasteiger partial charge in [0, 0.05) is 11.3 Å². The molecule has 3 rings (SSSR count). The van der Waals surface area contributed by atoms with Gasteiger partial charge >= 0.3 is 5.97 Å². The van der Waals surface area contributed by atoms with Gasteiger partial charge in [-0.3, -0.25) is 9.59 Å². The molecule has 0 aromatic heterocycles. The number of carbonyl (C=O) groups is 3. The topological polar surface area (TPSA) is 93.7 Å². The van der Waals surface area contributed by atoms with Crippen LogP contribution in [0.5, 0.6) is 5.75 Å². The highest BCUT2D eigenvalue weighted by atomic mass is 16.5. The van der Waals surface area contributed by atoms with E-state index in [1.807, 2.05) is 6.92 Å². The molecule has 25 heavy (non-hydrogen) atoms. The summed E-state index contributed by atoms with van der Waals surface area (Å²) in [5, 5.41) is 5.44. The summed E-state index contributed by atoms with van der Waals surface area (Å²) in [4.78, 5) is 35.4. The molecule has 2 amide bonds. The molecule has 0 fully saturated rings. The molecule has 0 aliphatic carbocycles. The van der Waals surface area contributed by atoms with Crippen LogP contribution in [-0.2, 0) is 9.53 Å². The average molecular weight is 340 g/mol. The van der Waals surface area contributed by atoms with Crippen molar-refractivity contribution in [1.82, 2.24) is 0 Å². The molecule has 1 heterocycles. The van der Waals surface area contributed by atoms with Gasteiger partial charge in [0.25, 0.3) is 11.8 Å². The predicted octanol–water partition coefficient (Wildman–Crippen LogP) is 2.36. The molecule has 7 nitrogen and oxygen atoms in total. The quantitative estimate of drug-likeness (QED) is 0.837. The van der Waals surface area contributed by atoms with E-state index in [9.17, 15) is 14.4 Å². The van der Waals surface area contributed by atoms with E-state index in [2.05, 4.69) is 15.4 Å². The van der Waals surface area contributed by atoms with Crippen molar-refractivity contribution in [2.24, 2.45) is 0 Å². The Morgan fingerprint density at radius 1 is 1.16 bits per heavy atom. The lowest BCUT2D eigenvalue weighted by molar-refractivity contribution is -0.118. The van der Waals surface area contributed by atoms with Crippen LogP contribution in [0.3, 0.4) is 0 Å². The Kier molecular flexibility index (Phi) is 4.38. The number of carbonyl (C=O) groups excluding carboxylic acids is 3. The van der Waals surface area contributed by atoms with Crippen LogP contribution < -0.4 is 15.4 Å². The minimum atomic E-state index is -0.478. The first-order valence-electron chi connectivity index (χ1n) is 7.55. The first-order valence-corrected chi connectivity index (χ1v) is 7.55. The van der Waals surface area contributed by atoms with Gasteiger partial charge in [0.2, 0.25) is 0 Å². The van der Waals surface area contributed by atoms with Crippen molar-refractivity contribution in [1.29, 1.82) is 0 Å². The Morgan fingerprint density at radius 2 is 1.92 bits per heavy atom. The van der Waals surface area contributed by atoms with Crippen LogP contribution in [0.15, 0.2) is 36.4 Å². The highest BCUT2D eigenvalue weighted by Crippen LogP contribution is 2.29. The smallest absolute Gasteiger partial charge is 0.337 e. The number of hydrogen-bond donors (Lipinski definition) is 2. The number of fused-ring (bicyclic) bond motifs is 1. The van der Waals surface area contributed by atoms with Crippen LogP contribution in [0, 0.1) is 6.92 Å². The molecular weight excluding hydrogens is 324 g/mol. The standard InChI is InChI=1S/C18H16N2O5/c1-10-3-4-12(18(23)24-2)7-14(10)20-17(22)11-5-6-13-15(8-11)25-9-16(21)19-13/h3-8H,9H2,1-2H3,(H,19,21)(H,20,22). The molecule has 2 aromatic rings. The Bertz CT molecular complexity index is 876. The number of amides is 2. The summed E-state index contributed by atoms with van der Waals surface area (Å²) in [6.45, 7) is 1.74. The Labute approximate surface area is 143 Å². The molecule has 0 bridgehead atoms. The van der Waals surface area contributed by atoms with Crippen LogP contribution in [0.1, 0.15) is 26.3 Å². The number of hydrogen-bond acceptors (Lipinski definition) is 5. The van der Waals surface area contributed by atoms with E-state index < -0.39 is 5.97 Å². The Balaban J connectivity index is 1.83. The largest absolute Gasteiger partial charge is 0.482 e. The Morgan fingerprint density at radius 3 is 2.68 bits per heavy atom. The van der Waals surface area contributed by atoms with E-state index in [1.54, 1.807) is 36.4 Å². The molecule has 128 valence electrons. The third kappa shape index (κ3) is 3.45. The molecule has 2 aromatic carbocycles. The molecule has 0 atom stereocenters. The van der Waals surface area contributed by atoms with Crippen molar-refractivity contribution in [3.63, 3.8) is 0 Å². The maximum Gasteiger partial charge on any atom is 0.337 e. The zero-order valence-corrected chi connectivity index (χ0v) is 13.7. The maximum absolute atomic E-state index is 12.5. The van der Waals surface area contributed by atoms with E-state index in [0.29, 0.717) is 28.3 Å². The fraction of sp³-hybridized carbons (Fsp3) is 0.167. The monoisotopic (exact) mass is 340 g/mol. The minimum Gasteiger partial charge on any atom is -0.482 e. The van der Waals surface area contributed by atoms with Gasteiger partial charge in [-0.05, 0) is 42.8 Å². The van der Waals surface area contributed by atoms with Gasteiger partial charge in [-0.2, -0.15) is 0 Å². The zero-order valence-electron chi connectivity index (χ0n) is 13.7. The summed E-state index contributed by atoms with van der Waals surface area (Å²) in [7, 11) is 1.30. The second-order valence-electron chi connectivity index (χ2n) is 5.52. The van der Waals surface area contributed by atoms with Gasteiger partial charge in [0.05, 0.1) is 18.4 Å². The lowest BCUT2D eigenvalue weighted by Gasteiger charge is -2.18. The van der Waals surface area contributed by atoms with Crippen LogP contribution in [0.25, 0.3) is 0 Å². The average Bonchev–Trinajstić information content (AvgIpc) is 2.62. The summed E-state index contributed by atoms with van der Waals surface area (Å²) in [5.41, 5.74) is 2.57. The van der Waals surface area contributed by atoms with Gasteiger partial charge in [-0.15, -0.1) is 0 Å². The predicted molar refractivity (Wildman–Crippen MR) is 91.0 cm³/mol. The highest BCUT2D eigenvalue weighted by molar-refractivity contribution is 6.06. The molecule has 2 N–H and O–H groups in total. The van der Waals surface area contributed by atoms with Gasteiger partial charge in [-0.25, -0.2) is 4.79 Å². The third-order valence-corrected chi connectivity index (χ3v) is 3.78. The van der Waals surface area contributed by atoms with Crippen LogP contribution in [0.2, 0.25) is 0 Å². The number of ether oxygens (including phenoxy) is 2. The van der Waals surface area contributed by atoms with E-state index >= 15 is 0 Å². The molecule has 0 radical (unpaired) electrons. The first kappa shape index (κ1) is 16.5. The second-order valence-corrected chi connectivity index (χ2v) is 5.52. The first-order chi connectivity index (χ1) is 12.0.